The molecule has 5 N–H and O–H groups in total. The molecule has 8 heteroatoms. The highest BCUT2D eigenvalue weighted by molar-refractivity contribution is 6.15. The lowest BCUT2D eigenvalue weighted by molar-refractivity contribution is -0.118. The van der Waals surface area contributed by atoms with Crippen LogP contribution in [0.3, 0.4) is 0 Å². The molecule has 1 aliphatic heterocycles. The molecular weight excluding hydrogens is 466 g/mol. The van der Waals surface area contributed by atoms with E-state index in [9.17, 15) is 9.90 Å². The van der Waals surface area contributed by atoms with E-state index in [2.05, 4.69) is 48.7 Å². The van der Waals surface area contributed by atoms with Crippen LogP contribution in [0, 0.1) is 0 Å². The maximum atomic E-state index is 13.0. The van der Waals surface area contributed by atoms with Crippen molar-refractivity contribution in [1.82, 2.24) is 15.6 Å². The van der Waals surface area contributed by atoms with E-state index >= 15 is 0 Å². The molecule has 8 nitrogen and oxygen atoms in total. The third kappa shape index (κ3) is 7.81. The number of amides is 1. The van der Waals surface area contributed by atoms with Crippen LogP contribution in [0.1, 0.15) is 69.8 Å². The number of carbonyl (C=O) groups is 1. The summed E-state index contributed by atoms with van der Waals surface area (Å²) in [5.74, 6) is 0.672. The van der Waals surface area contributed by atoms with Gasteiger partial charge in [0.2, 0.25) is 0 Å². The molecule has 2 atom stereocenters. The zero-order chi connectivity index (χ0) is 26.8. The van der Waals surface area contributed by atoms with Crippen molar-refractivity contribution in [2.24, 2.45) is 10.8 Å². The standard InChI is InChI=1S/C29H41N5O3/c1-5-7-17-34-27(21(4)30)29(36)32-28(33-34)24-18-23(15-16-26(24)37-6-2)25(35)19-31-20(3)13-14-22-11-9-8-10-12-22/h8-12,15-16,18,20,25,31,35H,5-7,13-14,17,19,30H2,1-4H3,(H,32,33,36)/b27-21-. The minimum Gasteiger partial charge on any atom is -0.493 e. The van der Waals surface area contributed by atoms with E-state index in [-0.39, 0.29) is 11.9 Å². The normalized spacial score (nSPS) is 16.6. The number of unbranched alkanes of at least 4 members (excludes halogenated alkanes) is 1. The molecule has 200 valence electrons. The Morgan fingerprint density at radius 3 is 2.65 bits per heavy atom. The highest BCUT2D eigenvalue weighted by Crippen LogP contribution is 2.26. The van der Waals surface area contributed by atoms with Crippen LogP contribution in [-0.2, 0) is 11.2 Å². The van der Waals surface area contributed by atoms with Gasteiger partial charge in [0.1, 0.15) is 11.4 Å². The minimum atomic E-state index is -0.730. The van der Waals surface area contributed by atoms with Gasteiger partial charge >= 0.3 is 0 Å². The van der Waals surface area contributed by atoms with E-state index < -0.39 is 6.10 Å². The Labute approximate surface area is 220 Å². The Morgan fingerprint density at radius 1 is 1.22 bits per heavy atom. The average Bonchev–Trinajstić information content (AvgIpc) is 2.89. The van der Waals surface area contributed by atoms with Crippen LogP contribution >= 0.6 is 0 Å². The minimum absolute atomic E-state index is 0.246. The van der Waals surface area contributed by atoms with Gasteiger partial charge in [0.25, 0.3) is 5.91 Å². The molecule has 0 saturated carbocycles. The molecule has 0 aromatic heterocycles. The summed E-state index contributed by atoms with van der Waals surface area (Å²) in [5.41, 5.74) is 9.42. The number of hydrazone groups is 1. The molecule has 0 aliphatic carbocycles. The third-order valence-corrected chi connectivity index (χ3v) is 6.33. The van der Waals surface area contributed by atoms with Crippen molar-refractivity contribution in [2.75, 3.05) is 19.7 Å². The molecular formula is C29H41N5O3. The van der Waals surface area contributed by atoms with Crippen molar-refractivity contribution < 1.29 is 14.6 Å². The second kappa shape index (κ2) is 13.8. The number of nitrogens with two attached hydrogens (primary N) is 1. The van der Waals surface area contributed by atoms with Crippen LogP contribution in [0.2, 0.25) is 0 Å². The molecule has 2 aromatic rings. The van der Waals surface area contributed by atoms with Gasteiger partial charge in [-0.2, -0.15) is 5.10 Å². The van der Waals surface area contributed by atoms with Crippen LogP contribution in [0.5, 0.6) is 5.75 Å². The molecule has 1 aliphatic rings. The zero-order valence-electron chi connectivity index (χ0n) is 22.5. The number of aliphatic hydroxyl groups is 1. The molecule has 37 heavy (non-hydrogen) atoms. The average molecular weight is 508 g/mol. The third-order valence-electron chi connectivity index (χ3n) is 6.33. The van der Waals surface area contributed by atoms with Gasteiger partial charge in [0.05, 0.1) is 18.3 Å². The predicted octanol–water partition coefficient (Wildman–Crippen LogP) is 3.81. The van der Waals surface area contributed by atoms with Crippen molar-refractivity contribution in [1.29, 1.82) is 0 Å². The number of allylic oxidation sites excluding steroid dienone is 1. The second-order valence-electron chi connectivity index (χ2n) is 9.45. The largest absolute Gasteiger partial charge is 0.493 e. The van der Waals surface area contributed by atoms with Crippen LogP contribution in [0.15, 0.2) is 65.0 Å². The van der Waals surface area contributed by atoms with Crippen LogP contribution in [0.4, 0.5) is 0 Å². The quantitative estimate of drug-likeness (QED) is 0.307. The number of aryl methyl sites for hydroxylation is 1. The van der Waals surface area contributed by atoms with Crippen LogP contribution in [0.25, 0.3) is 0 Å². The summed E-state index contributed by atoms with van der Waals surface area (Å²) >= 11 is 0. The maximum Gasteiger partial charge on any atom is 0.276 e. The molecule has 0 spiro atoms. The first kappa shape index (κ1) is 28.2. The number of hydrogen-bond acceptors (Lipinski definition) is 7. The molecule has 0 radical (unpaired) electrons. The van der Waals surface area contributed by atoms with E-state index in [0.717, 1.165) is 31.2 Å². The fourth-order valence-electron chi connectivity index (χ4n) is 4.24. The van der Waals surface area contributed by atoms with E-state index in [1.54, 1.807) is 11.9 Å². The van der Waals surface area contributed by atoms with E-state index in [4.69, 9.17) is 15.6 Å². The highest BCUT2D eigenvalue weighted by Gasteiger charge is 2.28. The summed E-state index contributed by atoms with van der Waals surface area (Å²) in [6, 6.07) is 16.1. The van der Waals surface area contributed by atoms with Gasteiger partial charge in [-0.05, 0) is 63.3 Å². The van der Waals surface area contributed by atoms with Gasteiger partial charge in [-0.15, -0.1) is 0 Å². The summed E-state index contributed by atoms with van der Waals surface area (Å²) in [7, 11) is 0. The number of hydrogen-bond donors (Lipinski definition) is 4. The fraction of sp³-hybridized carbons (Fsp3) is 0.448. The first-order chi connectivity index (χ1) is 17.8. The molecule has 0 saturated heterocycles. The monoisotopic (exact) mass is 507 g/mol. The number of nitrogens with one attached hydrogen (secondary N) is 2. The summed E-state index contributed by atoms with van der Waals surface area (Å²) < 4.78 is 5.84. The molecule has 2 aromatic carbocycles. The topological polar surface area (TPSA) is 112 Å². The van der Waals surface area contributed by atoms with Crippen LogP contribution < -0.4 is 21.1 Å². The second-order valence-corrected chi connectivity index (χ2v) is 9.45. The van der Waals surface area contributed by atoms with Crippen LogP contribution in [-0.4, -0.2) is 47.6 Å². The van der Waals surface area contributed by atoms with Crippen molar-refractivity contribution in [3.63, 3.8) is 0 Å². The molecule has 0 bridgehead atoms. The van der Waals surface area contributed by atoms with E-state index in [1.165, 1.54) is 5.56 Å². The SMILES string of the molecule is CCCCN1N=C(c2cc(C(O)CNC(C)CCc3ccccc3)ccc2OCC)NC(=O)/C1=C(\C)N. The van der Waals surface area contributed by atoms with Crippen molar-refractivity contribution >= 4 is 11.7 Å². The Morgan fingerprint density at radius 2 is 1.97 bits per heavy atom. The predicted molar refractivity (Wildman–Crippen MR) is 148 cm³/mol. The number of aliphatic hydroxyl groups excluding tert-OH is 1. The molecule has 3 rings (SSSR count). The number of carbonyl (C=O) groups excluding carboxylic acids is 1. The lowest BCUT2D eigenvalue weighted by Crippen LogP contribution is -2.45. The summed E-state index contributed by atoms with van der Waals surface area (Å²) in [4.78, 5) is 13.0. The van der Waals surface area contributed by atoms with Gasteiger partial charge in [0, 0.05) is 24.8 Å². The van der Waals surface area contributed by atoms with Gasteiger partial charge in [0.15, 0.2) is 5.84 Å². The van der Waals surface area contributed by atoms with Gasteiger partial charge < -0.3 is 26.2 Å². The fourth-order valence-corrected chi connectivity index (χ4v) is 4.24. The molecule has 1 heterocycles. The number of benzene rings is 2. The number of ether oxygens (including phenoxy) is 1. The summed E-state index contributed by atoms with van der Waals surface area (Å²) in [5, 5.41) is 23.7. The number of nitrogens with zero attached hydrogens (tertiary/aromatic N) is 2. The van der Waals surface area contributed by atoms with Gasteiger partial charge in [-0.25, -0.2) is 0 Å². The van der Waals surface area contributed by atoms with Crippen molar-refractivity contribution in [2.45, 2.75) is 65.5 Å². The Balaban J connectivity index is 1.77. The molecule has 0 fully saturated rings. The van der Waals surface area contributed by atoms with Crippen molar-refractivity contribution in [3.8, 4) is 5.75 Å². The van der Waals surface area contributed by atoms with E-state index in [1.807, 2.05) is 31.2 Å². The Bertz CT molecular complexity index is 1100. The number of rotatable bonds is 13. The maximum absolute atomic E-state index is 13.0. The zero-order valence-corrected chi connectivity index (χ0v) is 22.5. The van der Waals surface area contributed by atoms with E-state index in [0.29, 0.717) is 48.2 Å². The van der Waals surface area contributed by atoms with Gasteiger partial charge in [-0.3, -0.25) is 9.80 Å². The molecule has 1 amide bonds. The number of amidine groups is 1. The first-order valence-corrected chi connectivity index (χ1v) is 13.2. The van der Waals surface area contributed by atoms with Crippen molar-refractivity contribution in [3.05, 3.63) is 76.6 Å². The molecule has 2 unspecified atom stereocenters. The lowest BCUT2D eigenvalue weighted by Gasteiger charge is -2.29. The lowest BCUT2D eigenvalue weighted by atomic mass is 10.0. The Hall–Kier alpha value is -3.36. The highest BCUT2D eigenvalue weighted by atomic mass is 16.5. The van der Waals surface area contributed by atoms with Gasteiger partial charge in [-0.1, -0.05) is 49.7 Å². The smallest absolute Gasteiger partial charge is 0.276 e. The first-order valence-electron chi connectivity index (χ1n) is 13.2. The summed E-state index contributed by atoms with van der Waals surface area (Å²) in [6.45, 7) is 9.26. The Kier molecular flexibility index (Phi) is 10.5. The summed E-state index contributed by atoms with van der Waals surface area (Å²) in [6.07, 6.45) is 3.05.